The SMILES string of the molecule is COc1c(OCc2ccccc2)ccc2oc(CBr)cc(=O)c12. The monoisotopic (exact) mass is 374 g/mol. The Morgan fingerprint density at radius 2 is 1.91 bits per heavy atom. The van der Waals surface area contributed by atoms with Crippen LogP contribution in [0.15, 0.2) is 57.7 Å². The second-order valence-corrected chi connectivity index (χ2v) is 5.52. The number of rotatable bonds is 5. The van der Waals surface area contributed by atoms with Gasteiger partial charge < -0.3 is 13.9 Å². The van der Waals surface area contributed by atoms with Gasteiger partial charge in [0.2, 0.25) is 0 Å². The lowest BCUT2D eigenvalue weighted by molar-refractivity contribution is 0.286. The Morgan fingerprint density at radius 3 is 2.61 bits per heavy atom. The molecule has 0 spiro atoms. The molecule has 4 nitrogen and oxygen atoms in total. The molecule has 0 fully saturated rings. The van der Waals surface area contributed by atoms with Crippen LogP contribution in [0, 0.1) is 0 Å². The van der Waals surface area contributed by atoms with Crippen LogP contribution in [0.4, 0.5) is 0 Å². The highest BCUT2D eigenvalue weighted by Crippen LogP contribution is 2.34. The van der Waals surface area contributed by atoms with Crippen molar-refractivity contribution in [3.8, 4) is 11.5 Å². The van der Waals surface area contributed by atoms with Crippen molar-refractivity contribution in [2.45, 2.75) is 11.9 Å². The van der Waals surface area contributed by atoms with E-state index in [0.717, 1.165) is 5.56 Å². The second-order valence-electron chi connectivity index (χ2n) is 4.95. The van der Waals surface area contributed by atoms with Crippen LogP contribution in [0.5, 0.6) is 11.5 Å². The fourth-order valence-corrected chi connectivity index (χ4v) is 2.65. The van der Waals surface area contributed by atoms with E-state index in [1.807, 2.05) is 30.3 Å². The highest BCUT2D eigenvalue weighted by atomic mass is 79.9. The summed E-state index contributed by atoms with van der Waals surface area (Å²) < 4.78 is 16.9. The smallest absolute Gasteiger partial charge is 0.196 e. The van der Waals surface area contributed by atoms with E-state index in [1.165, 1.54) is 13.2 Å². The maximum atomic E-state index is 12.3. The number of benzene rings is 2. The maximum Gasteiger partial charge on any atom is 0.196 e. The normalized spacial score (nSPS) is 10.7. The van der Waals surface area contributed by atoms with Crippen molar-refractivity contribution in [2.75, 3.05) is 7.11 Å². The van der Waals surface area contributed by atoms with Crippen molar-refractivity contribution in [3.05, 3.63) is 70.1 Å². The molecule has 2 aromatic carbocycles. The lowest BCUT2D eigenvalue weighted by Crippen LogP contribution is -2.05. The highest BCUT2D eigenvalue weighted by Gasteiger charge is 2.15. The molecular formula is C18H15BrO4. The first-order valence-electron chi connectivity index (χ1n) is 7.09. The van der Waals surface area contributed by atoms with Gasteiger partial charge in [0, 0.05) is 6.07 Å². The standard InChI is InChI=1S/C18H15BrO4/c1-21-18-16(22-11-12-5-3-2-4-6-12)8-7-15-17(18)14(20)9-13(10-19)23-15/h2-9H,10-11H2,1H3. The molecule has 0 amide bonds. The summed E-state index contributed by atoms with van der Waals surface area (Å²) in [6.07, 6.45) is 0. The van der Waals surface area contributed by atoms with Crippen LogP contribution in [-0.4, -0.2) is 7.11 Å². The molecule has 0 aliphatic rings. The summed E-state index contributed by atoms with van der Waals surface area (Å²) in [7, 11) is 1.52. The number of fused-ring (bicyclic) bond motifs is 1. The lowest BCUT2D eigenvalue weighted by atomic mass is 10.2. The van der Waals surface area contributed by atoms with Crippen molar-refractivity contribution in [1.82, 2.24) is 0 Å². The van der Waals surface area contributed by atoms with Gasteiger partial charge in [-0.25, -0.2) is 0 Å². The molecule has 3 rings (SSSR count). The minimum Gasteiger partial charge on any atom is -0.492 e. The summed E-state index contributed by atoms with van der Waals surface area (Å²) in [5, 5.41) is 0.870. The summed E-state index contributed by atoms with van der Waals surface area (Å²) in [6.45, 7) is 0.396. The van der Waals surface area contributed by atoms with E-state index in [1.54, 1.807) is 12.1 Å². The Labute approximate surface area is 141 Å². The summed E-state index contributed by atoms with van der Waals surface area (Å²) in [5.74, 6) is 1.48. The van der Waals surface area contributed by atoms with Crippen LogP contribution >= 0.6 is 15.9 Å². The molecular weight excluding hydrogens is 360 g/mol. The summed E-state index contributed by atoms with van der Waals surface area (Å²) in [5.41, 5.74) is 1.37. The van der Waals surface area contributed by atoms with Crippen molar-refractivity contribution in [2.24, 2.45) is 0 Å². The molecule has 1 aromatic heterocycles. The van der Waals surface area contributed by atoms with Gasteiger partial charge in [-0.2, -0.15) is 0 Å². The molecule has 1 heterocycles. The zero-order chi connectivity index (χ0) is 16.2. The fraction of sp³-hybridized carbons (Fsp3) is 0.167. The van der Waals surface area contributed by atoms with Gasteiger partial charge in [-0.15, -0.1) is 0 Å². The molecule has 118 valence electrons. The number of hydrogen-bond acceptors (Lipinski definition) is 4. The Balaban J connectivity index is 2.01. The third-order valence-corrected chi connectivity index (χ3v) is 3.99. The van der Waals surface area contributed by atoms with Crippen molar-refractivity contribution in [1.29, 1.82) is 0 Å². The number of hydrogen-bond donors (Lipinski definition) is 0. The van der Waals surface area contributed by atoms with E-state index in [-0.39, 0.29) is 5.43 Å². The third kappa shape index (κ3) is 3.24. The van der Waals surface area contributed by atoms with Gasteiger partial charge in [0.05, 0.1) is 12.4 Å². The van der Waals surface area contributed by atoms with Crippen LogP contribution in [0.2, 0.25) is 0 Å². The second kappa shape index (κ2) is 6.87. The fourth-order valence-electron chi connectivity index (χ4n) is 2.37. The molecule has 0 saturated heterocycles. The van der Waals surface area contributed by atoms with E-state index in [4.69, 9.17) is 13.9 Å². The first-order valence-corrected chi connectivity index (χ1v) is 8.21. The minimum atomic E-state index is -0.150. The predicted octanol–water partition coefficient (Wildman–Crippen LogP) is 4.28. The van der Waals surface area contributed by atoms with Gasteiger partial charge in [-0.1, -0.05) is 46.3 Å². The molecule has 0 aliphatic heterocycles. The van der Waals surface area contributed by atoms with Gasteiger partial charge in [-0.05, 0) is 17.7 Å². The maximum absolute atomic E-state index is 12.3. The van der Waals surface area contributed by atoms with Crippen LogP contribution in [0.1, 0.15) is 11.3 Å². The first kappa shape index (κ1) is 15.6. The topological polar surface area (TPSA) is 48.7 Å². The van der Waals surface area contributed by atoms with Gasteiger partial charge in [0.1, 0.15) is 23.3 Å². The van der Waals surface area contributed by atoms with Gasteiger partial charge in [-0.3, -0.25) is 4.79 Å². The molecule has 0 bridgehead atoms. The van der Waals surface area contributed by atoms with Crippen LogP contribution in [-0.2, 0) is 11.9 Å². The van der Waals surface area contributed by atoms with Crippen molar-refractivity contribution in [3.63, 3.8) is 0 Å². The predicted molar refractivity (Wildman–Crippen MR) is 92.4 cm³/mol. The molecule has 3 aromatic rings. The molecule has 0 unspecified atom stereocenters. The number of halogens is 1. The molecule has 0 saturated carbocycles. The summed E-state index contributed by atoms with van der Waals surface area (Å²) >= 11 is 3.29. The summed E-state index contributed by atoms with van der Waals surface area (Å²) in [6, 6.07) is 14.7. The Bertz CT molecular complexity index is 871. The number of ether oxygens (including phenoxy) is 2. The summed E-state index contributed by atoms with van der Waals surface area (Å²) in [4.78, 5) is 12.3. The van der Waals surface area contributed by atoms with Crippen LogP contribution < -0.4 is 14.9 Å². The third-order valence-electron chi connectivity index (χ3n) is 3.44. The zero-order valence-electron chi connectivity index (χ0n) is 12.5. The molecule has 0 radical (unpaired) electrons. The Hall–Kier alpha value is -2.27. The minimum absolute atomic E-state index is 0.150. The van der Waals surface area contributed by atoms with Crippen LogP contribution in [0.25, 0.3) is 11.0 Å². The molecule has 0 atom stereocenters. The first-order chi connectivity index (χ1) is 11.2. The van der Waals surface area contributed by atoms with Crippen molar-refractivity contribution >= 4 is 26.9 Å². The van der Waals surface area contributed by atoms with Gasteiger partial charge >= 0.3 is 0 Å². The molecule has 0 N–H and O–H groups in total. The van der Waals surface area contributed by atoms with Gasteiger partial charge in [0.15, 0.2) is 16.9 Å². The zero-order valence-corrected chi connectivity index (χ0v) is 14.1. The Kier molecular flexibility index (Phi) is 4.67. The quantitative estimate of drug-likeness (QED) is 0.625. The average Bonchev–Trinajstić information content (AvgIpc) is 2.60. The Morgan fingerprint density at radius 1 is 1.13 bits per heavy atom. The molecule has 0 aliphatic carbocycles. The van der Waals surface area contributed by atoms with E-state index in [2.05, 4.69) is 15.9 Å². The average molecular weight is 375 g/mol. The highest BCUT2D eigenvalue weighted by molar-refractivity contribution is 9.08. The molecule has 5 heteroatoms. The van der Waals surface area contributed by atoms with E-state index in [9.17, 15) is 4.79 Å². The lowest BCUT2D eigenvalue weighted by Gasteiger charge is -2.12. The van der Waals surface area contributed by atoms with Crippen LogP contribution in [0.3, 0.4) is 0 Å². The largest absolute Gasteiger partial charge is 0.492 e. The molecule has 23 heavy (non-hydrogen) atoms. The van der Waals surface area contributed by atoms with Gasteiger partial charge in [0.25, 0.3) is 0 Å². The number of alkyl halides is 1. The number of methoxy groups -OCH3 is 1. The van der Waals surface area contributed by atoms with Crippen molar-refractivity contribution < 1.29 is 13.9 Å². The van der Waals surface area contributed by atoms with E-state index < -0.39 is 0 Å². The van der Waals surface area contributed by atoms with E-state index in [0.29, 0.717) is 40.2 Å². The van der Waals surface area contributed by atoms with E-state index >= 15 is 0 Å².